The molecule has 3 nitrogen and oxygen atoms in total. The van der Waals surface area contributed by atoms with E-state index in [-0.39, 0.29) is 16.2 Å². The lowest BCUT2D eigenvalue weighted by Crippen LogP contribution is -2.34. The normalized spacial score (nSPS) is 35.2. The molecule has 0 amide bonds. The van der Waals surface area contributed by atoms with Crippen molar-refractivity contribution in [3.8, 4) is 0 Å². The van der Waals surface area contributed by atoms with E-state index >= 15 is 0 Å². The van der Waals surface area contributed by atoms with E-state index in [4.69, 9.17) is 4.74 Å². The molecule has 0 radical (unpaired) electrons. The smallest absolute Gasteiger partial charge is 0.328 e. The maximum absolute atomic E-state index is 11.3. The van der Waals surface area contributed by atoms with Gasteiger partial charge in [-0.05, 0) is 72.1 Å². The van der Waals surface area contributed by atoms with Crippen LogP contribution in [0.5, 0.6) is 0 Å². The van der Waals surface area contributed by atoms with Gasteiger partial charge in [-0.2, -0.15) is 0 Å². The van der Waals surface area contributed by atoms with Gasteiger partial charge in [-0.25, -0.2) is 4.79 Å². The second kappa shape index (κ2) is 5.95. The zero-order chi connectivity index (χ0) is 20.5. The minimum Gasteiger partial charge on any atom is -0.478 e. The summed E-state index contributed by atoms with van der Waals surface area (Å²) in [5.41, 5.74) is 5.46. The maximum atomic E-state index is 11.3. The number of fused-ring (bicyclic) bond motifs is 2. The van der Waals surface area contributed by atoms with Crippen LogP contribution in [0.3, 0.4) is 0 Å². The van der Waals surface area contributed by atoms with Crippen LogP contribution in [-0.4, -0.2) is 23.8 Å². The second-order valence-electron chi connectivity index (χ2n) is 10.7. The first kappa shape index (κ1) is 19.7. The van der Waals surface area contributed by atoms with E-state index in [9.17, 15) is 9.90 Å². The van der Waals surface area contributed by atoms with Gasteiger partial charge in [-0.1, -0.05) is 45.9 Å². The molecule has 0 aromatic heterocycles. The Labute approximate surface area is 169 Å². The van der Waals surface area contributed by atoms with Crippen molar-refractivity contribution in [2.45, 2.75) is 88.6 Å². The second-order valence-corrected chi connectivity index (χ2v) is 10.7. The van der Waals surface area contributed by atoms with E-state index in [1.54, 1.807) is 7.11 Å². The Kier molecular flexibility index (Phi) is 4.18. The monoisotopic (exact) mass is 382 g/mol. The molecule has 3 aliphatic carbocycles. The molecule has 3 aliphatic rings. The average Bonchev–Trinajstić information content (AvgIpc) is 3.28. The lowest BCUT2D eigenvalue weighted by atomic mass is 9.62. The average molecular weight is 383 g/mol. The highest BCUT2D eigenvalue weighted by Gasteiger charge is 2.70. The summed E-state index contributed by atoms with van der Waals surface area (Å²) in [5.74, 6) is -0.511. The van der Waals surface area contributed by atoms with Crippen molar-refractivity contribution < 1.29 is 14.6 Å². The molecule has 3 unspecified atom stereocenters. The Morgan fingerprint density at radius 2 is 1.71 bits per heavy atom. The molecule has 2 fully saturated rings. The zero-order valence-electron chi connectivity index (χ0n) is 18.2. The molecule has 28 heavy (non-hydrogen) atoms. The molecule has 2 saturated carbocycles. The van der Waals surface area contributed by atoms with E-state index < -0.39 is 11.6 Å². The molecule has 0 heterocycles. The van der Waals surface area contributed by atoms with Gasteiger partial charge >= 0.3 is 5.97 Å². The number of rotatable bonds is 4. The third kappa shape index (κ3) is 2.62. The quantitative estimate of drug-likeness (QED) is 0.699. The molecule has 1 aromatic carbocycles. The number of aliphatic carboxylic acids is 1. The molecule has 1 N–H and O–H groups in total. The molecule has 1 aromatic rings. The molecular formula is C25H34O3. The standard InChI is InChI=1S/C25H34O3/c1-16(13-21(26)27)25(28-6)12-11-24(15-20(24)25)17-7-8-18-19(14-17)23(4,5)10-9-22(18,2)3/h7-8,13-14,20H,9-12,15H2,1-6H3,(H,26,27). The van der Waals surface area contributed by atoms with Crippen LogP contribution in [0, 0.1) is 5.92 Å². The first-order valence-electron chi connectivity index (χ1n) is 10.6. The van der Waals surface area contributed by atoms with Crippen LogP contribution in [0.15, 0.2) is 29.8 Å². The lowest BCUT2D eigenvalue weighted by Gasteiger charge is -2.42. The summed E-state index contributed by atoms with van der Waals surface area (Å²) in [5, 5.41) is 9.24. The number of hydrogen-bond acceptors (Lipinski definition) is 2. The van der Waals surface area contributed by atoms with Crippen LogP contribution < -0.4 is 0 Å². The fourth-order valence-electron chi connectivity index (χ4n) is 6.32. The third-order valence-electron chi connectivity index (χ3n) is 8.38. The fraction of sp³-hybridized carbons (Fsp3) is 0.640. The number of carboxylic acids is 1. The van der Waals surface area contributed by atoms with Crippen LogP contribution in [0.1, 0.15) is 83.4 Å². The number of benzene rings is 1. The molecule has 152 valence electrons. The zero-order valence-corrected chi connectivity index (χ0v) is 18.2. The molecule has 0 spiro atoms. The predicted octanol–water partition coefficient (Wildman–Crippen LogP) is 5.50. The van der Waals surface area contributed by atoms with Crippen molar-refractivity contribution >= 4 is 5.97 Å². The summed E-state index contributed by atoms with van der Waals surface area (Å²) in [6.45, 7) is 11.4. The molecular weight excluding hydrogens is 348 g/mol. The van der Waals surface area contributed by atoms with Gasteiger partial charge in [0.05, 0.1) is 5.60 Å². The predicted molar refractivity (Wildman–Crippen MR) is 112 cm³/mol. The van der Waals surface area contributed by atoms with Crippen LogP contribution in [0.4, 0.5) is 0 Å². The van der Waals surface area contributed by atoms with Crippen molar-refractivity contribution in [3.05, 3.63) is 46.5 Å². The van der Waals surface area contributed by atoms with Gasteiger partial charge in [-0.3, -0.25) is 0 Å². The molecule has 0 aliphatic heterocycles. The highest BCUT2D eigenvalue weighted by atomic mass is 16.5. The molecule has 4 rings (SSSR count). The van der Waals surface area contributed by atoms with Gasteiger partial charge in [0.25, 0.3) is 0 Å². The number of carbonyl (C=O) groups is 1. The molecule has 3 atom stereocenters. The Morgan fingerprint density at radius 1 is 1.07 bits per heavy atom. The van der Waals surface area contributed by atoms with Crippen LogP contribution in [0.2, 0.25) is 0 Å². The van der Waals surface area contributed by atoms with Gasteiger partial charge in [-0.15, -0.1) is 0 Å². The minimum absolute atomic E-state index is 0.149. The largest absolute Gasteiger partial charge is 0.478 e. The van der Waals surface area contributed by atoms with Gasteiger partial charge in [0.15, 0.2) is 0 Å². The molecule has 0 saturated heterocycles. The Bertz CT molecular complexity index is 863. The van der Waals surface area contributed by atoms with Crippen molar-refractivity contribution in [2.24, 2.45) is 5.92 Å². The maximum Gasteiger partial charge on any atom is 0.328 e. The van der Waals surface area contributed by atoms with E-state index in [0.29, 0.717) is 5.92 Å². The first-order chi connectivity index (χ1) is 13.0. The number of carboxylic acid groups (broad SMARTS) is 1. The van der Waals surface area contributed by atoms with E-state index in [0.717, 1.165) is 24.8 Å². The van der Waals surface area contributed by atoms with Crippen molar-refractivity contribution in [2.75, 3.05) is 7.11 Å². The Morgan fingerprint density at radius 3 is 2.29 bits per heavy atom. The van der Waals surface area contributed by atoms with Gasteiger partial charge < -0.3 is 9.84 Å². The van der Waals surface area contributed by atoms with Crippen LogP contribution in [-0.2, 0) is 25.8 Å². The van der Waals surface area contributed by atoms with Gasteiger partial charge in [0.1, 0.15) is 0 Å². The first-order valence-corrected chi connectivity index (χ1v) is 10.6. The summed E-state index contributed by atoms with van der Waals surface area (Å²) < 4.78 is 6.02. The summed E-state index contributed by atoms with van der Waals surface area (Å²) in [4.78, 5) is 11.3. The highest BCUT2D eigenvalue weighted by Crippen LogP contribution is 2.71. The topological polar surface area (TPSA) is 46.5 Å². The SMILES string of the molecule is COC1(C(C)=CC(=O)O)CCC2(c3ccc4c(c3)C(C)(C)CCC4(C)C)CC12. The van der Waals surface area contributed by atoms with E-state index in [2.05, 4.69) is 45.9 Å². The lowest BCUT2D eigenvalue weighted by molar-refractivity contribution is -0.131. The van der Waals surface area contributed by atoms with E-state index in [1.165, 1.54) is 35.6 Å². The summed E-state index contributed by atoms with van der Waals surface area (Å²) >= 11 is 0. The minimum atomic E-state index is -0.884. The van der Waals surface area contributed by atoms with Crippen molar-refractivity contribution in [3.63, 3.8) is 0 Å². The van der Waals surface area contributed by atoms with Crippen molar-refractivity contribution in [1.82, 2.24) is 0 Å². The highest BCUT2D eigenvalue weighted by molar-refractivity contribution is 5.81. The summed E-state index contributed by atoms with van der Waals surface area (Å²) in [7, 11) is 1.74. The Hall–Kier alpha value is -1.61. The summed E-state index contributed by atoms with van der Waals surface area (Å²) in [6, 6.07) is 7.21. The molecule has 0 bridgehead atoms. The van der Waals surface area contributed by atoms with Gasteiger partial charge in [0.2, 0.25) is 0 Å². The van der Waals surface area contributed by atoms with Gasteiger partial charge in [0, 0.05) is 24.5 Å². The fourth-order valence-corrected chi connectivity index (χ4v) is 6.32. The van der Waals surface area contributed by atoms with Crippen molar-refractivity contribution in [1.29, 1.82) is 0 Å². The van der Waals surface area contributed by atoms with Crippen LogP contribution >= 0.6 is 0 Å². The number of methoxy groups -OCH3 is 1. The Balaban J connectivity index is 1.74. The molecule has 3 heteroatoms. The van der Waals surface area contributed by atoms with Crippen LogP contribution in [0.25, 0.3) is 0 Å². The number of hydrogen-bond donors (Lipinski definition) is 1. The number of ether oxygens (including phenoxy) is 1. The third-order valence-corrected chi connectivity index (χ3v) is 8.38. The van der Waals surface area contributed by atoms with E-state index in [1.807, 2.05) is 6.92 Å². The summed E-state index contributed by atoms with van der Waals surface area (Å²) in [6.07, 6.45) is 6.85.